The third-order valence-corrected chi connectivity index (χ3v) is 6.21. The molecule has 2 aliphatic rings. The molecule has 0 aromatic heterocycles. The van der Waals surface area contributed by atoms with Crippen molar-refractivity contribution in [2.75, 3.05) is 0 Å². The predicted octanol–water partition coefficient (Wildman–Crippen LogP) is 1.75. The molecule has 106 valence electrons. The number of carbonyl (C=O) groups is 1. The van der Waals surface area contributed by atoms with E-state index in [2.05, 4.69) is 5.32 Å². The minimum atomic E-state index is -3.39. The van der Waals surface area contributed by atoms with Gasteiger partial charge in [-0.15, -0.1) is 0 Å². The van der Waals surface area contributed by atoms with Crippen molar-refractivity contribution in [3.05, 3.63) is 41.0 Å². The van der Waals surface area contributed by atoms with Gasteiger partial charge in [-0.2, -0.15) is 0 Å². The van der Waals surface area contributed by atoms with E-state index in [0.717, 1.165) is 16.7 Å². The Kier molecular flexibility index (Phi) is 3.06. The fourth-order valence-electron chi connectivity index (χ4n) is 2.93. The van der Waals surface area contributed by atoms with Crippen molar-refractivity contribution in [3.8, 4) is 0 Å². The number of hydrogen-bond donors (Lipinski definition) is 1. The number of aryl methyl sites for hydroxylation is 1. The molecule has 0 bridgehead atoms. The first-order valence-corrected chi connectivity index (χ1v) is 8.23. The van der Waals surface area contributed by atoms with Crippen molar-refractivity contribution in [1.82, 2.24) is 5.32 Å². The SMILES string of the molecule is CC1=C2CC(S(=O)(=O)c3ccc(C)cc3)NC2CC1=O. The number of nitrogens with one attached hydrogen (secondary N) is 1. The number of benzene rings is 1. The normalized spacial score (nSPS) is 26.2. The lowest BCUT2D eigenvalue weighted by Gasteiger charge is -2.14. The summed E-state index contributed by atoms with van der Waals surface area (Å²) >= 11 is 0. The Bertz CT molecular complexity index is 701. The van der Waals surface area contributed by atoms with Crippen LogP contribution in [0.1, 0.15) is 25.3 Å². The van der Waals surface area contributed by atoms with Crippen LogP contribution in [0, 0.1) is 6.92 Å². The van der Waals surface area contributed by atoms with Crippen LogP contribution in [0.3, 0.4) is 0 Å². The molecule has 2 atom stereocenters. The molecule has 1 aliphatic carbocycles. The van der Waals surface area contributed by atoms with Crippen LogP contribution in [0.15, 0.2) is 40.3 Å². The van der Waals surface area contributed by atoms with Gasteiger partial charge in [0.15, 0.2) is 15.6 Å². The highest BCUT2D eigenvalue weighted by molar-refractivity contribution is 7.92. The molecule has 2 unspecified atom stereocenters. The molecule has 1 aliphatic heterocycles. The van der Waals surface area contributed by atoms with Gasteiger partial charge in [-0.25, -0.2) is 8.42 Å². The number of ketones is 1. The Balaban J connectivity index is 1.92. The Morgan fingerprint density at radius 3 is 2.35 bits per heavy atom. The van der Waals surface area contributed by atoms with E-state index in [1.807, 2.05) is 6.92 Å². The van der Waals surface area contributed by atoms with Crippen molar-refractivity contribution in [2.45, 2.75) is 43.0 Å². The molecule has 1 aromatic carbocycles. The zero-order chi connectivity index (χ0) is 14.5. The lowest BCUT2D eigenvalue weighted by atomic mass is 10.1. The topological polar surface area (TPSA) is 63.2 Å². The smallest absolute Gasteiger partial charge is 0.194 e. The lowest BCUT2D eigenvalue weighted by molar-refractivity contribution is -0.115. The van der Waals surface area contributed by atoms with Gasteiger partial charge < -0.3 is 0 Å². The maximum atomic E-state index is 12.6. The van der Waals surface area contributed by atoms with Crippen molar-refractivity contribution in [1.29, 1.82) is 0 Å². The minimum Gasteiger partial charge on any atom is -0.294 e. The molecule has 0 amide bonds. The van der Waals surface area contributed by atoms with Crippen LogP contribution in [-0.2, 0) is 14.6 Å². The summed E-state index contributed by atoms with van der Waals surface area (Å²) in [6.07, 6.45) is 0.805. The van der Waals surface area contributed by atoms with Crippen molar-refractivity contribution in [3.63, 3.8) is 0 Å². The van der Waals surface area contributed by atoms with Crippen LogP contribution >= 0.6 is 0 Å². The van der Waals surface area contributed by atoms with Gasteiger partial charge in [0, 0.05) is 18.9 Å². The fourth-order valence-corrected chi connectivity index (χ4v) is 4.52. The number of Topliss-reactive ketones (excluding diaryl/α,β-unsaturated/α-hetero) is 1. The molecule has 1 fully saturated rings. The van der Waals surface area contributed by atoms with Crippen LogP contribution in [0.5, 0.6) is 0 Å². The lowest BCUT2D eigenvalue weighted by Crippen LogP contribution is -2.35. The van der Waals surface area contributed by atoms with Crippen LogP contribution in [-0.4, -0.2) is 25.6 Å². The molecule has 5 heteroatoms. The summed E-state index contributed by atoms with van der Waals surface area (Å²) in [5.74, 6) is 0.128. The molecule has 1 aromatic rings. The van der Waals surface area contributed by atoms with E-state index < -0.39 is 15.2 Å². The quantitative estimate of drug-likeness (QED) is 0.901. The van der Waals surface area contributed by atoms with E-state index in [-0.39, 0.29) is 11.8 Å². The van der Waals surface area contributed by atoms with E-state index in [1.165, 1.54) is 0 Å². The van der Waals surface area contributed by atoms with Gasteiger partial charge in [0.1, 0.15) is 5.37 Å². The summed E-state index contributed by atoms with van der Waals surface area (Å²) in [7, 11) is -3.39. The second-order valence-corrected chi connectivity index (χ2v) is 7.68. The largest absolute Gasteiger partial charge is 0.294 e. The van der Waals surface area contributed by atoms with Crippen LogP contribution in [0.2, 0.25) is 0 Å². The van der Waals surface area contributed by atoms with Crippen LogP contribution in [0.25, 0.3) is 0 Å². The highest BCUT2D eigenvalue weighted by atomic mass is 32.2. The molecule has 3 rings (SSSR count). The first-order valence-electron chi connectivity index (χ1n) is 6.69. The molecule has 0 spiro atoms. The fraction of sp³-hybridized carbons (Fsp3) is 0.400. The summed E-state index contributed by atoms with van der Waals surface area (Å²) in [4.78, 5) is 11.9. The summed E-state index contributed by atoms with van der Waals surface area (Å²) in [6.45, 7) is 3.72. The van der Waals surface area contributed by atoms with Crippen molar-refractivity contribution < 1.29 is 13.2 Å². The Hall–Kier alpha value is -1.46. The van der Waals surface area contributed by atoms with Gasteiger partial charge >= 0.3 is 0 Å². The van der Waals surface area contributed by atoms with E-state index in [0.29, 0.717) is 17.7 Å². The zero-order valence-corrected chi connectivity index (χ0v) is 12.3. The number of fused-ring (bicyclic) bond motifs is 1. The van der Waals surface area contributed by atoms with E-state index in [1.54, 1.807) is 31.2 Å². The summed E-state index contributed by atoms with van der Waals surface area (Å²) in [6, 6.07) is 6.81. The number of carbonyl (C=O) groups excluding carboxylic acids is 1. The molecule has 1 heterocycles. The first-order chi connectivity index (χ1) is 9.39. The van der Waals surface area contributed by atoms with Gasteiger partial charge in [0.25, 0.3) is 0 Å². The summed E-state index contributed by atoms with van der Waals surface area (Å²) < 4.78 is 25.2. The predicted molar refractivity (Wildman–Crippen MR) is 76.0 cm³/mol. The first kappa shape index (κ1) is 13.5. The highest BCUT2D eigenvalue weighted by Crippen LogP contribution is 2.35. The third-order valence-electron chi connectivity index (χ3n) is 4.23. The average molecular weight is 291 g/mol. The molecule has 1 N–H and O–H groups in total. The Morgan fingerprint density at radius 2 is 1.75 bits per heavy atom. The Labute approximate surface area is 118 Å². The second-order valence-electron chi connectivity index (χ2n) is 5.55. The van der Waals surface area contributed by atoms with Gasteiger partial charge in [-0.05, 0) is 37.1 Å². The average Bonchev–Trinajstić information content (AvgIpc) is 2.92. The van der Waals surface area contributed by atoms with Crippen molar-refractivity contribution in [2.24, 2.45) is 0 Å². The van der Waals surface area contributed by atoms with E-state index in [4.69, 9.17) is 0 Å². The standard InChI is InChI=1S/C15H17NO3S/c1-9-3-5-11(6-4-9)20(18,19)15-7-12-10(2)14(17)8-13(12)16-15/h3-6,13,15-16H,7-8H2,1-2H3. The van der Waals surface area contributed by atoms with E-state index >= 15 is 0 Å². The van der Waals surface area contributed by atoms with Crippen LogP contribution in [0.4, 0.5) is 0 Å². The molecular weight excluding hydrogens is 274 g/mol. The molecule has 1 saturated heterocycles. The van der Waals surface area contributed by atoms with Gasteiger partial charge in [0.2, 0.25) is 0 Å². The number of hydrogen-bond acceptors (Lipinski definition) is 4. The third kappa shape index (κ3) is 2.01. The Morgan fingerprint density at radius 1 is 1.10 bits per heavy atom. The minimum absolute atomic E-state index is 0.0901. The monoisotopic (exact) mass is 291 g/mol. The molecular formula is C15H17NO3S. The maximum absolute atomic E-state index is 12.6. The van der Waals surface area contributed by atoms with Crippen molar-refractivity contribution >= 4 is 15.6 Å². The number of sulfone groups is 1. The van der Waals surface area contributed by atoms with Gasteiger partial charge in [-0.1, -0.05) is 17.7 Å². The number of rotatable bonds is 2. The molecule has 0 saturated carbocycles. The maximum Gasteiger partial charge on any atom is 0.194 e. The van der Waals surface area contributed by atoms with E-state index in [9.17, 15) is 13.2 Å². The summed E-state index contributed by atoms with van der Waals surface area (Å²) in [5.41, 5.74) is 2.74. The zero-order valence-electron chi connectivity index (χ0n) is 11.5. The molecule has 0 radical (unpaired) electrons. The summed E-state index contributed by atoms with van der Waals surface area (Å²) in [5, 5.41) is 2.48. The van der Waals surface area contributed by atoms with Crippen LogP contribution < -0.4 is 5.32 Å². The van der Waals surface area contributed by atoms with Gasteiger partial charge in [0.05, 0.1) is 4.90 Å². The molecule has 20 heavy (non-hydrogen) atoms. The number of allylic oxidation sites excluding steroid dienone is 1. The second kappa shape index (κ2) is 4.53. The highest BCUT2D eigenvalue weighted by Gasteiger charge is 2.42. The molecule has 4 nitrogen and oxygen atoms in total. The van der Waals surface area contributed by atoms with Gasteiger partial charge in [-0.3, -0.25) is 10.1 Å².